The molecule has 3 nitrogen and oxygen atoms in total. The van der Waals surface area contributed by atoms with E-state index >= 15 is 0 Å². The second-order valence-electron chi connectivity index (χ2n) is 4.22. The fourth-order valence-corrected chi connectivity index (χ4v) is 1.80. The van der Waals surface area contributed by atoms with Crippen LogP contribution in [0.15, 0.2) is 42.5 Å². The molecule has 19 heavy (non-hydrogen) atoms. The molecular formula is C15H13ClO3. The molecule has 0 heterocycles. The van der Waals surface area contributed by atoms with E-state index in [4.69, 9.17) is 21.4 Å². The molecule has 0 unspecified atom stereocenters. The molecule has 0 aliphatic heterocycles. The zero-order chi connectivity index (χ0) is 13.8. The van der Waals surface area contributed by atoms with Crippen LogP contribution in [0.5, 0.6) is 5.75 Å². The third kappa shape index (κ3) is 3.48. The lowest BCUT2D eigenvalue weighted by atomic mass is 10.1. The summed E-state index contributed by atoms with van der Waals surface area (Å²) in [5.74, 6) is -0.754. The van der Waals surface area contributed by atoms with E-state index in [1.807, 2.05) is 31.2 Å². The standard InChI is InChI=1S/C15H13ClO3/c1-10-2-4-11(5-3-10)9-19-14-8-12(16)6-7-13(14)15(17)18/h2-8H,9H2,1H3,(H,17,18). The van der Waals surface area contributed by atoms with Crippen LogP contribution in [0.3, 0.4) is 0 Å². The van der Waals surface area contributed by atoms with Gasteiger partial charge in [-0.05, 0) is 30.7 Å². The Bertz CT molecular complexity index is 591. The van der Waals surface area contributed by atoms with Crippen molar-refractivity contribution < 1.29 is 14.6 Å². The van der Waals surface area contributed by atoms with Crippen molar-refractivity contribution in [3.63, 3.8) is 0 Å². The number of hydrogen-bond donors (Lipinski definition) is 1. The molecule has 2 aromatic rings. The molecule has 0 amide bonds. The normalized spacial score (nSPS) is 10.2. The average Bonchev–Trinajstić information content (AvgIpc) is 2.38. The first-order chi connectivity index (χ1) is 9.06. The van der Waals surface area contributed by atoms with Gasteiger partial charge in [-0.25, -0.2) is 4.79 Å². The van der Waals surface area contributed by atoms with Crippen LogP contribution in [0.2, 0.25) is 5.02 Å². The summed E-state index contributed by atoms with van der Waals surface area (Å²) in [5, 5.41) is 9.52. The molecule has 0 atom stereocenters. The third-order valence-electron chi connectivity index (χ3n) is 2.69. The van der Waals surface area contributed by atoms with Crippen molar-refractivity contribution in [1.29, 1.82) is 0 Å². The number of ether oxygens (including phenoxy) is 1. The average molecular weight is 277 g/mol. The Morgan fingerprint density at radius 1 is 1.21 bits per heavy atom. The summed E-state index contributed by atoms with van der Waals surface area (Å²) in [5.41, 5.74) is 2.25. The van der Waals surface area contributed by atoms with E-state index < -0.39 is 5.97 Å². The van der Waals surface area contributed by atoms with E-state index in [2.05, 4.69) is 0 Å². The summed E-state index contributed by atoms with van der Waals surface area (Å²) < 4.78 is 5.54. The van der Waals surface area contributed by atoms with E-state index in [0.29, 0.717) is 11.6 Å². The van der Waals surface area contributed by atoms with Crippen molar-refractivity contribution in [2.45, 2.75) is 13.5 Å². The van der Waals surface area contributed by atoms with Crippen molar-refractivity contribution in [3.05, 3.63) is 64.2 Å². The maximum Gasteiger partial charge on any atom is 0.339 e. The number of carbonyl (C=O) groups is 1. The lowest BCUT2D eigenvalue weighted by Crippen LogP contribution is -2.03. The van der Waals surface area contributed by atoms with Gasteiger partial charge in [-0.15, -0.1) is 0 Å². The van der Waals surface area contributed by atoms with E-state index in [0.717, 1.165) is 11.1 Å². The van der Waals surface area contributed by atoms with Crippen LogP contribution in [0.4, 0.5) is 0 Å². The van der Waals surface area contributed by atoms with Crippen molar-refractivity contribution in [3.8, 4) is 5.75 Å². The second-order valence-corrected chi connectivity index (χ2v) is 4.66. The van der Waals surface area contributed by atoms with Crippen LogP contribution in [-0.2, 0) is 6.61 Å². The van der Waals surface area contributed by atoms with E-state index in [1.165, 1.54) is 18.2 Å². The van der Waals surface area contributed by atoms with Gasteiger partial charge >= 0.3 is 5.97 Å². The largest absolute Gasteiger partial charge is 0.488 e. The van der Waals surface area contributed by atoms with E-state index in [-0.39, 0.29) is 11.3 Å². The summed E-state index contributed by atoms with van der Waals surface area (Å²) >= 11 is 5.85. The van der Waals surface area contributed by atoms with Crippen LogP contribution in [0, 0.1) is 6.92 Å². The minimum absolute atomic E-state index is 0.108. The first-order valence-electron chi connectivity index (χ1n) is 5.77. The third-order valence-corrected chi connectivity index (χ3v) is 2.92. The molecule has 1 N–H and O–H groups in total. The quantitative estimate of drug-likeness (QED) is 0.920. The summed E-state index contributed by atoms with van der Waals surface area (Å²) in [6, 6.07) is 12.3. The maximum atomic E-state index is 11.1. The molecule has 4 heteroatoms. The summed E-state index contributed by atoms with van der Waals surface area (Å²) in [7, 11) is 0. The molecule has 0 radical (unpaired) electrons. The van der Waals surface area contributed by atoms with Crippen LogP contribution in [0.1, 0.15) is 21.5 Å². The van der Waals surface area contributed by atoms with Gasteiger partial charge in [-0.1, -0.05) is 41.4 Å². The molecule has 2 rings (SSSR count). The Balaban J connectivity index is 2.16. The van der Waals surface area contributed by atoms with Crippen molar-refractivity contribution in [1.82, 2.24) is 0 Å². The van der Waals surface area contributed by atoms with Crippen molar-refractivity contribution >= 4 is 17.6 Å². The minimum atomic E-state index is -1.03. The molecular weight excluding hydrogens is 264 g/mol. The van der Waals surface area contributed by atoms with E-state index in [9.17, 15) is 4.79 Å². The van der Waals surface area contributed by atoms with Crippen LogP contribution >= 0.6 is 11.6 Å². The number of hydrogen-bond acceptors (Lipinski definition) is 2. The highest BCUT2D eigenvalue weighted by molar-refractivity contribution is 6.30. The van der Waals surface area contributed by atoms with E-state index in [1.54, 1.807) is 0 Å². The lowest BCUT2D eigenvalue weighted by molar-refractivity contribution is 0.0692. The van der Waals surface area contributed by atoms with Crippen LogP contribution in [-0.4, -0.2) is 11.1 Å². The Hall–Kier alpha value is -2.00. The monoisotopic (exact) mass is 276 g/mol. The number of carboxylic acids is 1. The molecule has 0 aromatic heterocycles. The number of aromatic carboxylic acids is 1. The molecule has 2 aromatic carbocycles. The first-order valence-corrected chi connectivity index (χ1v) is 6.15. The molecule has 0 aliphatic carbocycles. The SMILES string of the molecule is Cc1ccc(COc2cc(Cl)ccc2C(=O)O)cc1. The molecule has 98 valence electrons. The summed E-state index contributed by atoms with van der Waals surface area (Å²) in [4.78, 5) is 11.1. The lowest BCUT2D eigenvalue weighted by Gasteiger charge is -2.09. The van der Waals surface area contributed by atoms with Crippen molar-refractivity contribution in [2.24, 2.45) is 0 Å². The van der Waals surface area contributed by atoms with Gasteiger partial charge < -0.3 is 9.84 Å². The first kappa shape index (κ1) is 13.4. The van der Waals surface area contributed by atoms with Crippen molar-refractivity contribution in [2.75, 3.05) is 0 Å². The van der Waals surface area contributed by atoms with Gasteiger partial charge in [-0.2, -0.15) is 0 Å². The van der Waals surface area contributed by atoms with Crippen LogP contribution < -0.4 is 4.74 Å². The van der Waals surface area contributed by atoms with Crippen LogP contribution in [0.25, 0.3) is 0 Å². The molecule has 0 fully saturated rings. The van der Waals surface area contributed by atoms with Gasteiger partial charge in [0, 0.05) is 5.02 Å². The predicted octanol–water partition coefficient (Wildman–Crippen LogP) is 3.93. The number of benzene rings is 2. The smallest absolute Gasteiger partial charge is 0.339 e. The Morgan fingerprint density at radius 3 is 2.53 bits per heavy atom. The zero-order valence-electron chi connectivity index (χ0n) is 10.4. The summed E-state index contributed by atoms with van der Waals surface area (Å²) in [6.07, 6.45) is 0. The Morgan fingerprint density at radius 2 is 1.89 bits per heavy atom. The Labute approximate surface area is 116 Å². The topological polar surface area (TPSA) is 46.5 Å². The number of halogens is 1. The highest BCUT2D eigenvalue weighted by Crippen LogP contribution is 2.24. The Kier molecular flexibility index (Phi) is 4.07. The predicted molar refractivity (Wildman–Crippen MR) is 73.9 cm³/mol. The van der Waals surface area contributed by atoms with Gasteiger partial charge in [0.25, 0.3) is 0 Å². The zero-order valence-corrected chi connectivity index (χ0v) is 11.1. The molecule has 0 aliphatic rings. The van der Waals surface area contributed by atoms with Gasteiger partial charge in [0.2, 0.25) is 0 Å². The molecule has 0 spiro atoms. The van der Waals surface area contributed by atoms with Gasteiger partial charge in [0.05, 0.1) is 0 Å². The van der Waals surface area contributed by atoms with Gasteiger partial charge in [0.15, 0.2) is 0 Å². The fourth-order valence-electron chi connectivity index (χ4n) is 1.64. The minimum Gasteiger partial charge on any atom is -0.488 e. The van der Waals surface area contributed by atoms with Gasteiger partial charge in [-0.3, -0.25) is 0 Å². The molecule has 0 saturated carbocycles. The highest BCUT2D eigenvalue weighted by atomic mass is 35.5. The molecule has 0 bridgehead atoms. The number of aryl methyl sites for hydroxylation is 1. The highest BCUT2D eigenvalue weighted by Gasteiger charge is 2.11. The maximum absolute atomic E-state index is 11.1. The second kappa shape index (κ2) is 5.76. The number of carboxylic acid groups (broad SMARTS) is 1. The van der Waals surface area contributed by atoms with Gasteiger partial charge in [0.1, 0.15) is 17.9 Å². The summed E-state index contributed by atoms with van der Waals surface area (Å²) in [6.45, 7) is 2.31. The fraction of sp³-hybridized carbons (Fsp3) is 0.133. The molecule has 0 saturated heterocycles. The number of rotatable bonds is 4.